The summed E-state index contributed by atoms with van der Waals surface area (Å²) in [7, 11) is 0. The van der Waals surface area contributed by atoms with Crippen molar-refractivity contribution in [2.45, 2.75) is 13.5 Å². The molecule has 2 rings (SSSR count). The second-order valence-electron chi connectivity index (χ2n) is 4.61. The van der Waals surface area contributed by atoms with E-state index in [0.29, 0.717) is 5.82 Å². The molecule has 8 nitrogen and oxygen atoms in total. The average molecular weight is 386 g/mol. The molecule has 0 unspecified atom stereocenters. The predicted molar refractivity (Wildman–Crippen MR) is 82.8 cm³/mol. The van der Waals surface area contributed by atoms with Gasteiger partial charge < -0.3 is 10.5 Å². The molecule has 122 valence electrons. The Morgan fingerprint density at radius 1 is 1.57 bits per heavy atom. The Bertz CT molecular complexity index is 814. The number of hydrogen-bond donors (Lipinski definition) is 1. The molecule has 0 bridgehead atoms. The van der Waals surface area contributed by atoms with E-state index in [9.17, 15) is 14.0 Å². The Balaban J connectivity index is 2.23. The van der Waals surface area contributed by atoms with E-state index in [4.69, 9.17) is 5.73 Å². The van der Waals surface area contributed by atoms with Crippen molar-refractivity contribution in [3.8, 4) is 5.82 Å². The summed E-state index contributed by atoms with van der Waals surface area (Å²) >= 11 is 3.33. The number of nitrogens with two attached hydrogens (primary N) is 1. The first-order valence-corrected chi connectivity index (χ1v) is 7.19. The maximum Gasteiger partial charge on any atom is 0.404 e. The molecule has 2 N–H and O–H groups in total. The van der Waals surface area contributed by atoms with Gasteiger partial charge in [-0.3, -0.25) is 0 Å². The van der Waals surface area contributed by atoms with Gasteiger partial charge in [-0.05, 0) is 34.5 Å². The number of ether oxygens (including phenoxy) is 1. The number of aryl methyl sites for hydroxylation is 1. The third-order valence-corrected chi connectivity index (χ3v) is 3.75. The van der Waals surface area contributed by atoms with Gasteiger partial charge in [0.15, 0.2) is 0 Å². The van der Waals surface area contributed by atoms with Crippen LogP contribution in [0.1, 0.15) is 5.56 Å². The number of carbonyl (C=O) groups excluding carboxylic acids is 1. The number of primary amides is 1. The SMILES string of the molecule is Cc1cc(-n2cnn(C/C(=C\F)COC(N)=O)c2=O)ncc1Br. The normalized spacial score (nSPS) is 11.5. The van der Waals surface area contributed by atoms with Crippen LogP contribution < -0.4 is 11.4 Å². The van der Waals surface area contributed by atoms with Gasteiger partial charge in [0.2, 0.25) is 0 Å². The second-order valence-corrected chi connectivity index (χ2v) is 5.46. The van der Waals surface area contributed by atoms with Crippen LogP contribution >= 0.6 is 15.9 Å². The number of carbonyl (C=O) groups is 1. The number of halogens is 2. The Kier molecular flexibility index (Phi) is 5.27. The highest BCUT2D eigenvalue weighted by molar-refractivity contribution is 9.10. The maximum atomic E-state index is 12.8. The highest BCUT2D eigenvalue weighted by Crippen LogP contribution is 2.16. The number of aromatic nitrogens is 4. The molecule has 1 amide bonds. The molecule has 0 aromatic carbocycles. The van der Waals surface area contributed by atoms with Crippen LogP contribution in [-0.2, 0) is 11.3 Å². The molecule has 0 saturated heterocycles. The van der Waals surface area contributed by atoms with Crippen LogP contribution in [0.25, 0.3) is 5.82 Å². The first-order valence-electron chi connectivity index (χ1n) is 6.39. The van der Waals surface area contributed by atoms with E-state index in [1.54, 1.807) is 12.3 Å². The molecule has 0 aliphatic rings. The van der Waals surface area contributed by atoms with Gasteiger partial charge in [-0.1, -0.05) is 0 Å². The molecule has 2 aromatic heterocycles. The third-order valence-electron chi connectivity index (χ3n) is 2.92. The fraction of sp³-hybridized carbons (Fsp3) is 0.231. The van der Waals surface area contributed by atoms with Crippen molar-refractivity contribution in [3.63, 3.8) is 0 Å². The van der Waals surface area contributed by atoms with Gasteiger partial charge in [-0.25, -0.2) is 28.2 Å². The summed E-state index contributed by atoms with van der Waals surface area (Å²) in [6.07, 6.45) is 2.07. The molecule has 23 heavy (non-hydrogen) atoms. The van der Waals surface area contributed by atoms with Crippen molar-refractivity contribution >= 4 is 22.0 Å². The summed E-state index contributed by atoms with van der Waals surface area (Å²) in [5, 5.41) is 3.90. The second kappa shape index (κ2) is 7.18. The van der Waals surface area contributed by atoms with Crippen LogP contribution in [0.3, 0.4) is 0 Å². The zero-order valence-electron chi connectivity index (χ0n) is 12.1. The van der Waals surface area contributed by atoms with Crippen molar-refractivity contribution < 1.29 is 13.9 Å². The smallest absolute Gasteiger partial charge is 0.404 e. The fourth-order valence-corrected chi connectivity index (χ4v) is 1.94. The first-order chi connectivity index (χ1) is 10.9. The topological polar surface area (TPSA) is 105 Å². The van der Waals surface area contributed by atoms with Crippen molar-refractivity contribution in [2.75, 3.05) is 6.61 Å². The highest BCUT2D eigenvalue weighted by Gasteiger charge is 2.11. The van der Waals surface area contributed by atoms with E-state index in [1.165, 1.54) is 10.9 Å². The van der Waals surface area contributed by atoms with Crippen molar-refractivity contribution in [1.82, 2.24) is 19.3 Å². The Labute approximate surface area is 138 Å². The Morgan fingerprint density at radius 2 is 2.30 bits per heavy atom. The van der Waals surface area contributed by atoms with E-state index in [1.807, 2.05) is 6.92 Å². The van der Waals surface area contributed by atoms with Crippen LogP contribution in [0.5, 0.6) is 0 Å². The molecule has 0 aliphatic carbocycles. The quantitative estimate of drug-likeness (QED) is 0.838. The minimum Gasteiger partial charge on any atom is -0.445 e. The summed E-state index contributed by atoms with van der Waals surface area (Å²) in [5.41, 5.74) is 5.25. The van der Waals surface area contributed by atoms with Crippen LogP contribution in [-0.4, -0.2) is 32.0 Å². The number of nitrogens with zero attached hydrogens (tertiary/aromatic N) is 4. The zero-order chi connectivity index (χ0) is 17.0. The fourth-order valence-electron chi connectivity index (χ4n) is 1.73. The van der Waals surface area contributed by atoms with Crippen molar-refractivity contribution in [3.05, 3.63) is 51.0 Å². The Hall–Kier alpha value is -2.49. The molecule has 0 radical (unpaired) electrons. The van der Waals surface area contributed by atoms with E-state index in [2.05, 4.69) is 30.7 Å². The third kappa shape index (κ3) is 4.03. The largest absolute Gasteiger partial charge is 0.445 e. The molecule has 2 aromatic rings. The summed E-state index contributed by atoms with van der Waals surface area (Å²) < 4.78 is 20.3. The summed E-state index contributed by atoms with van der Waals surface area (Å²) in [6.45, 7) is 1.32. The van der Waals surface area contributed by atoms with Gasteiger partial charge in [0.1, 0.15) is 18.8 Å². The molecule has 0 fully saturated rings. The number of pyridine rings is 1. The standard InChI is InChI=1S/C13H13BrFN5O3/c1-8-2-11(17-4-10(8)14)19-7-18-20(13(19)22)5-9(3-15)6-23-12(16)21/h2-4,7H,5-6H2,1H3,(H2,16,21)/b9-3+. The van der Waals surface area contributed by atoms with Crippen LogP contribution in [0.4, 0.5) is 9.18 Å². The molecule has 10 heteroatoms. The lowest BCUT2D eigenvalue weighted by atomic mass is 10.3. The van der Waals surface area contributed by atoms with Gasteiger partial charge in [0.25, 0.3) is 0 Å². The number of rotatable bonds is 5. The molecule has 0 saturated carbocycles. The maximum absolute atomic E-state index is 12.8. The van der Waals surface area contributed by atoms with Crippen molar-refractivity contribution in [1.29, 1.82) is 0 Å². The lowest BCUT2D eigenvalue weighted by Crippen LogP contribution is -2.26. The van der Waals surface area contributed by atoms with Gasteiger partial charge >= 0.3 is 11.8 Å². The average Bonchev–Trinajstić information content (AvgIpc) is 2.87. The number of amides is 1. The molecule has 2 heterocycles. The van der Waals surface area contributed by atoms with Crippen LogP contribution in [0, 0.1) is 6.92 Å². The Morgan fingerprint density at radius 3 is 2.91 bits per heavy atom. The van der Waals surface area contributed by atoms with E-state index in [-0.39, 0.29) is 25.1 Å². The lowest BCUT2D eigenvalue weighted by Gasteiger charge is -2.05. The molecule has 0 aliphatic heterocycles. The highest BCUT2D eigenvalue weighted by atomic mass is 79.9. The lowest BCUT2D eigenvalue weighted by molar-refractivity contribution is 0.164. The molecular formula is C13H13BrFN5O3. The summed E-state index contributed by atoms with van der Waals surface area (Å²) in [6, 6.07) is 1.71. The predicted octanol–water partition coefficient (Wildman–Crippen LogP) is 1.45. The van der Waals surface area contributed by atoms with E-state index >= 15 is 0 Å². The number of hydrogen-bond acceptors (Lipinski definition) is 5. The molecule has 0 atom stereocenters. The van der Waals surface area contributed by atoms with E-state index < -0.39 is 11.8 Å². The van der Waals surface area contributed by atoms with Crippen LogP contribution in [0.2, 0.25) is 0 Å². The van der Waals surface area contributed by atoms with Gasteiger partial charge in [-0.15, -0.1) is 0 Å². The summed E-state index contributed by atoms with van der Waals surface area (Å²) in [5.74, 6) is 0.390. The zero-order valence-corrected chi connectivity index (χ0v) is 13.7. The van der Waals surface area contributed by atoms with Gasteiger partial charge in [0, 0.05) is 16.2 Å². The van der Waals surface area contributed by atoms with Gasteiger partial charge in [0.05, 0.1) is 12.9 Å². The molecular weight excluding hydrogens is 373 g/mol. The van der Waals surface area contributed by atoms with E-state index in [0.717, 1.165) is 14.7 Å². The first kappa shape index (κ1) is 16.9. The van der Waals surface area contributed by atoms with Crippen molar-refractivity contribution in [2.24, 2.45) is 5.73 Å². The van der Waals surface area contributed by atoms with Crippen LogP contribution in [0.15, 0.2) is 39.8 Å². The van der Waals surface area contributed by atoms with Gasteiger partial charge in [-0.2, -0.15) is 5.10 Å². The monoisotopic (exact) mass is 385 g/mol. The molecule has 0 spiro atoms. The summed E-state index contributed by atoms with van der Waals surface area (Å²) in [4.78, 5) is 27.0. The minimum atomic E-state index is -1.03. The minimum absolute atomic E-state index is 0.0381.